The van der Waals surface area contributed by atoms with Crippen LogP contribution in [-0.4, -0.2) is 10.8 Å². The number of nitrogens with one attached hydrogen (secondary N) is 1. The van der Waals surface area contributed by atoms with Gasteiger partial charge in [0.05, 0.1) is 17.7 Å². The summed E-state index contributed by atoms with van der Waals surface area (Å²) in [4.78, 5) is 15.0. The Balaban J connectivity index is 0.000000165. The summed E-state index contributed by atoms with van der Waals surface area (Å²) in [5, 5.41) is 30.6. The molecule has 0 fully saturated rings. The molecule has 0 spiro atoms. The Morgan fingerprint density at radius 3 is 1.94 bits per heavy atom. The number of rotatable bonds is 4. The van der Waals surface area contributed by atoms with Gasteiger partial charge in [-0.2, -0.15) is 15.8 Å². The van der Waals surface area contributed by atoms with Gasteiger partial charge in [-0.05, 0) is 45.3 Å². The summed E-state index contributed by atoms with van der Waals surface area (Å²) in [6.45, 7) is 0. The minimum atomic E-state index is -0.871. The van der Waals surface area contributed by atoms with E-state index >= 15 is 0 Å². The number of carbonyl (C=O) groups excluding carboxylic acids is 1. The van der Waals surface area contributed by atoms with Crippen molar-refractivity contribution in [2.75, 3.05) is 0 Å². The van der Waals surface area contributed by atoms with Crippen molar-refractivity contribution in [2.45, 2.75) is 6.42 Å². The maximum Gasteiger partial charge on any atom is 0.165 e. The number of hydrogen-bond acceptors (Lipinski definition) is 4. The summed E-state index contributed by atoms with van der Waals surface area (Å²) in [6.07, 6.45) is 1.68. The van der Waals surface area contributed by atoms with Crippen LogP contribution in [0.5, 0.6) is 0 Å². The van der Waals surface area contributed by atoms with Crippen molar-refractivity contribution in [1.29, 1.82) is 15.8 Å². The minimum absolute atomic E-state index is 0.0503. The first-order chi connectivity index (χ1) is 17.1. The average molecular weight is 453 g/mol. The first-order valence-corrected chi connectivity index (χ1v) is 11.0. The number of H-pyrrole nitrogens is 1. The molecule has 0 aliphatic heterocycles. The third-order valence-electron chi connectivity index (χ3n) is 5.65. The monoisotopic (exact) mass is 452 g/mol. The highest BCUT2D eigenvalue weighted by atomic mass is 16.1. The van der Waals surface area contributed by atoms with E-state index in [1.54, 1.807) is 18.3 Å². The van der Waals surface area contributed by atoms with Crippen LogP contribution in [0.3, 0.4) is 0 Å². The van der Waals surface area contributed by atoms with E-state index in [1.165, 1.54) is 10.8 Å². The van der Waals surface area contributed by atoms with Crippen molar-refractivity contribution in [1.82, 2.24) is 4.98 Å². The number of hydrogen-bond donors (Lipinski definition) is 1. The molecule has 0 aliphatic carbocycles. The van der Waals surface area contributed by atoms with Gasteiger partial charge in [0.15, 0.2) is 5.78 Å². The molecule has 0 bridgehead atoms. The van der Waals surface area contributed by atoms with Gasteiger partial charge < -0.3 is 4.98 Å². The van der Waals surface area contributed by atoms with Crippen molar-refractivity contribution in [3.63, 3.8) is 0 Å². The highest BCUT2D eigenvalue weighted by Crippen LogP contribution is 2.24. The predicted octanol–water partition coefficient (Wildman–Crippen LogP) is 6.78. The van der Waals surface area contributed by atoms with E-state index in [-0.39, 0.29) is 12.2 Å². The van der Waals surface area contributed by atoms with E-state index in [9.17, 15) is 4.79 Å². The minimum Gasteiger partial charge on any atom is -0.360 e. The number of aromatic amines is 1. The van der Waals surface area contributed by atoms with Gasteiger partial charge in [-0.25, -0.2) is 0 Å². The summed E-state index contributed by atoms with van der Waals surface area (Å²) >= 11 is 0. The zero-order valence-electron chi connectivity index (χ0n) is 18.8. The largest absolute Gasteiger partial charge is 0.360 e. The molecule has 0 unspecified atom stereocenters. The van der Waals surface area contributed by atoms with E-state index in [0.29, 0.717) is 11.1 Å². The number of fused-ring (bicyclic) bond motifs is 2. The van der Waals surface area contributed by atoms with Crippen molar-refractivity contribution in [3.05, 3.63) is 108 Å². The van der Waals surface area contributed by atoms with Gasteiger partial charge in [0.1, 0.15) is 12.0 Å². The van der Waals surface area contributed by atoms with E-state index in [2.05, 4.69) is 41.4 Å². The molecule has 0 atom stereocenters. The van der Waals surface area contributed by atoms with E-state index in [4.69, 9.17) is 15.8 Å². The molecule has 5 aromatic rings. The van der Waals surface area contributed by atoms with Gasteiger partial charge >= 0.3 is 0 Å². The van der Waals surface area contributed by atoms with Crippen LogP contribution in [0, 0.1) is 39.9 Å². The molecule has 0 aliphatic rings. The lowest BCUT2D eigenvalue weighted by molar-refractivity contribution is 0.0977. The molecular weight excluding hydrogens is 432 g/mol. The van der Waals surface area contributed by atoms with Crippen LogP contribution in [0.2, 0.25) is 0 Å². The van der Waals surface area contributed by atoms with Crippen LogP contribution in [0.25, 0.3) is 32.8 Å². The van der Waals surface area contributed by atoms with E-state index in [0.717, 1.165) is 22.0 Å². The number of carbonyl (C=O) groups is 1. The van der Waals surface area contributed by atoms with Crippen LogP contribution >= 0.6 is 0 Å². The fourth-order valence-corrected chi connectivity index (χ4v) is 3.77. The second-order valence-corrected chi connectivity index (χ2v) is 7.98. The van der Waals surface area contributed by atoms with Crippen LogP contribution in [0.1, 0.15) is 22.3 Å². The Morgan fingerprint density at radius 2 is 1.34 bits per heavy atom. The maximum atomic E-state index is 11.9. The Labute approximate surface area is 203 Å². The van der Waals surface area contributed by atoms with Crippen LogP contribution in [-0.2, 0) is 0 Å². The van der Waals surface area contributed by atoms with Crippen LogP contribution in [0.4, 0.5) is 0 Å². The summed E-state index contributed by atoms with van der Waals surface area (Å²) in [6, 6.07) is 35.3. The zero-order valence-corrected chi connectivity index (χ0v) is 18.8. The third-order valence-corrected chi connectivity index (χ3v) is 5.65. The Hall–Kier alpha value is -5.18. The molecule has 1 N–H and O–H groups in total. The SMILES string of the molecule is N#CC(C#N)CC(=O)c1ccc2ccccc2c1.N#Cc1c[nH]c(-c2ccc3ccccc3c2)c1. The number of ketones is 1. The van der Waals surface area contributed by atoms with Crippen LogP contribution in [0.15, 0.2) is 97.2 Å². The number of Topliss-reactive ketones (excluding diaryl/α,β-unsaturated/α-hetero) is 1. The molecule has 1 heterocycles. The maximum absolute atomic E-state index is 11.9. The number of benzene rings is 4. The molecule has 5 rings (SSSR count). The Kier molecular flexibility index (Phi) is 6.98. The Morgan fingerprint density at radius 1 is 0.743 bits per heavy atom. The van der Waals surface area contributed by atoms with E-state index < -0.39 is 5.92 Å². The molecule has 1 aromatic heterocycles. The topological polar surface area (TPSA) is 104 Å². The number of aromatic nitrogens is 1. The smallest absolute Gasteiger partial charge is 0.165 e. The number of nitriles is 3. The second kappa shape index (κ2) is 10.6. The molecule has 0 saturated heterocycles. The standard InChI is InChI=1S/C15H10N2O.C15H10N2/c16-9-11(10-17)7-15(18)14-6-5-12-3-1-2-4-13(12)8-14;16-9-11-7-15(17-10-11)14-6-5-12-3-1-2-4-13(12)8-14/h1-6,8,11H,7H2;1-8,10,17H. The van der Waals surface area contributed by atoms with Crippen molar-refractivity contribution in [2.24, 2.45) is 5.92 Å². The summed E-state index contributed by atoms with van der Waals surface area (Å²) in [5.41, 5.74) is 3.29. The first kappa shape index (κ1) is 23.0. The van der Waals surface area contributed by atoms with Gasteiger partial charge in [0, 0.05) is 23.9 Å². The summed E-state index contributed by atoms with van der Waals surface area (Å²) in [7, 11) is 0. The van der Waals surface area contributed by atoms with Gasteiger partial charge in [-0.1, -0.05) is 72.8 Å². The third kappa shape index (κ3) is 5.42. The molecule has 4 aromatic carbocycles. The highest BCUT2D eigenvalue weighted by Gasteiger charge is 2.14. The highest BCUT2D eigenvalue weighted by molar-refractivity contribution is 6.00. The van der Waals surface area contributed by atoms with Gasteiger partial charge in [-0.15, -0.1) is 0 Å². The van der Waals surface area contributed by atoms with Crippen LogP contribution < -0.4 is 0 Å². The fraction of sp³-hybridized carbons (Fsp3) is 0.0667. The average Bonchev–Trinajstić information content (AvgIpc) is 3.41. The molecule has 5 heteroatoms. The predicted molar refractivity (Wildman–Crippen MR) is 136 cm³/mol. The lowest BCUT2D eigenvalue weighted by Crippen LogP contribution is -2.05. The van der Waals surface area contributed by atoms with E-state index in [1.807, 2.05) is 60.7 Å². The van der Waals surface area contributed by atoms with Crippen molar-refractivity contribution < 1.29 is 4.79 Å². The van der Waals surface area contributed by atoms with Gasteiger partial charge in [0.2, 0.25) is 0 Å². The second-order valence-electron chi connectivity index (χ2n) is 7.98. The Bertz CT molecular complexity index is 1630. The molecule has 0 radical (unpaired) electrons. The van der Waals surface area contributed by atoms with Crippen molar-refractivity contribution in [3.8, 4) is 29.5 Å². The summed E-state index contributed by atoms with van der Waals surface area (Å²) < 4.78 is 0. The lowest BCUT2D eigenvalue weighted by Gasteiger charge is -2.03. The quantitative estimate of drug-likeness (QED) is 0.303. The summed E-state index contributed by atoms with van der Waals surface area (Å²) in [5.74, 6) is -1.04. The molecule has 35 heavy (non-hydrogen) atoms. The molecule has 166 valence electrons. The first-order valence-electron chi connectivity index (χ1n) is 11.0. The van der Waals surface area contributed by atoms with Crippen molar-refractivity contribution >= 4 is 27.3 Å². The normalized spacial score (nSPS) is 10.1. The zero-order chi connectivity index (χ0) is 24.6. The molecule has 5 nitrogen and oxygen atoms in total. The molecule has 0 saturated carbocycles. The number of nitrogens with zero attached hydrogens (tertiary/aromatic N) is 3. The molecular formula is C30H20N4O. The molecule has 0 amide bonds. The van der Waals surface area contributed by atoms with Gasteiger partial charge in [-0.3, -0.25) is 4.79 Å². The fourth-order valence-electron chi connectivity index (χ4n) is 3.77. The van der Waals surface area contributed by atoms with Gasteiger partial charge in [0.25, 0.3) is 0 Å². The lowest BCUT2D eigenvalue weighted by atomic mass is 9.98.